The van der Waals surface area contributed by atoms with Gasteiger partial charge >= 0.3 is 5.97 Å². The average Bonchev–Trinajstić information content (AvgIpc) is 2.78. The Morgan fingerprint density at radius 2 is 2.19 bits per heavy atom. The molecule has 0 N–H and O–H groups in total. The topological polar surface area (TPSA) is 51.9 Å². The van der Waals surface area contributed by atoms with Crippen LogP contribution in [0.15, 0.2) is 16.5 Å². The first-order chi connectivity index (χ1) is 7.79. The molecule has 16 heavy (non-hydrogen) atoms. The van der Waals surface area contributed by atoms with Crippen LogP contribution in [0.1, 0.15) is 16.3 Å². The Hall–Kier alpha value is -1.33. The van der Waals surface area contributed by atoms with Gasteiger partial charge in [-0.25, -0.2) is 4.79 Å². The summed E-state index contributed by atoms with van der Waals surface area (Å²) in [6.45, 7) is 4.01. The summed E-state index contributed by atoms with van der Waals surface area (Å²) in [5.41, 5.74) is 0. The van der Waals surface area contributed by atoms with Crippen molar-refractivity contribution in [3.05, 3.63) is 23.7 Å². The van der Waals surface area contributed by atoms with Gasteiger partial charge in [-0.05, 0) is 12.1 Å². The number of methoxy groups -OCH3 is 1. The third-order valence-corrected chi connectivity index (χ3v) is 2.53. The highest BCUT2D eigenvalue weighted by molar-refractivity contribution is 5.86. The largest absolute Gasteiger partial charge is 0.463 e. The fourth-order valence-electron chi connectivity index (χ4n) is 1.65. The molecule has 88 valence electrons. The lowest BCUT2D eigenvalue weighted by molar-refractivity contribution is 0.0307. The summed E-state index contributed by atoms with van der Waals surface area (Å²) < 4.78 is 15.2. The van der Waals surface area contributed by atoms with Crippen molar-refractivity contribution in [3.63, 3.8) is 0 Å². The van der Waals surface area contributed by atoms with Gasteiger partial charge in [0.1, 0.15) is 5.76 Å². The summed E-state index contributed by atoms with van der Waals surface area (Å²) in [7, 11) is 1.34. The van der Waals surface area contributed by atoms with Crippen LogP contribution in [-0.4, -0.2) is 44.3 Å². The van der Waals surface area contributed by atoms with Gasteiger partial charge in [0.2, 0.25) is 5.76 Å². The van der Waals surface area contributed by atoms with Crippen LogP contribution in [0.5, 0.6) is 0 Å². The molecule has 1 aliphatic heterocycles. The molecule has 1 fully saturated rings. The zero-order valence-electron chi connectivity index (χ0n) is 9.27. The smallest absolute Gasteiger partial charge is 0.373 e. The highest BCUT2D eigenvalue weighted by Crippen LogP contribution is 2.12. The van der Waals surface area contributed by atoms with Gasteiger partial charge in [0.15, 0.2) is 0 Å². The van der Waals surface area contributed by atoms with E-state index in [-0.39, 0.29) is 5.76 Å². The molecule has 1 aromatic rings. The second-order valence-electron chi connectivity index (χ2n) is 3.65. The molecular weight excluding hydrogens is 210 g/mol. The molecule has 0 aromatic carbocycles. The molecule has 0 saturated carbocycles. The predicted octanol–water partition coefficient (Wildman–Crippen LogP) is 0.898. The normalized spacial score (nSPS) is 17.3. The zero-order valence-corrected chi connectivity index (χ0v) is 9.27. The summed E-state index contributed by atoms with van der Waals surface area (Å²) in [5.74, 6) is 0.598. The van der Waals surface area contributed by atoms with E-state index in [1.807, 2.05) is 6.07 Å². The third kappa shape index (κ3) is 2.62. The lowest BCUT2D eigenvalue weighted by Crippen LogP contribution is -2.35. The molecule has 0 aliphatic carbocycles. The fourth-order valence-corrected chi connectivity index (χ4v) is 1.65. The van der Waals surface area contributed by atoms with E-state index in [9.17, 15) is 4.79 Å². The van der Waals surface area contributed by atoms with Gasteiger partial charge in [0, 0.05) is 13.1 Å². The maximum atomic E-state index is 11.2. The number of rotatable bonds is 3. The van der Waals surface area contributed by atoms with Crippen LogP contribution >= 0.6 is 0 Å². The van der Waals surface area contributed by atoms with Gasteiger partial charge in [-0.15, -0.1) is 0 Å². The van der Waals surface area contributed by atoms with Crippen LogP contribution in [0.4, 0.5) is 0 Å². The van der Waals surface area contributed by atoms with E-state index in [1.54, 1.807) is 6.07 Å². The molecule has 2 rings (SSSR count). The Morgan fingerprint density at radius 3 is 2.88 bits per heavy atom. The molecule has 1 saturated heterocycles. The van der Waals surface area contributed by atoms with Gasteiger partial charge in [0.05, 0.1) is 26.9 Å². The van der Waals surface area contributed by atoms with Gasteiger partial charge in [0.25, 0.3) is 0 Å². The van der Waals surface area contributed by atoms with Crippen molar-refractivity contribution >= 4 is 5.97 Å². The van der Waals surface area contributed by atoms with Crippen molar-refractivity contribution in [3.8, 4) is 0 Å². The Labute approximate surface area is 93.9 Å². The van der Waals surface area contributed by atoms with E-state index in [1.165, 1.54) is 7.11 Å². The lowest BCUT2D eigenvalue weighted by Gasteiger charge is -2.25. The monoisotopic (exact) mass is 225 g/mol. The minimum absolute atomic E-state index is 0.255. The van der Waals surface area contributed by atoms with Crippen LogP contribution in [0, 0.1) is 0 Å². The van der Waals surface area contributed by atoms with Gasteiger partial charge < -0.3 is 13.9 Å². The minimum Gasteiger partial charge on any atom is -0.463 e. The summed E-state index contributed by atoms with van der Waals surface area (Å²) in [5, 5.41) is 0. The van der Waals surface area contributed by atoms with E-state index >= 15 is 0 Å². The first-order valence-electron chi connectivity index (χ1n) is 5.27. The molecule has 5 nitrogen and oxygen atoms in total. The Morgan fingerprint density at radius 1 is 1.44 bits per heavy atom. The second kappa shape index (κ2) is 5.14. The summed E-state index contributed by atoms with van der Waals surface area (Å²) in [6, 6.07) is 3.45. The van der Waals surface area contributed by atoms with E-state index in [2.05, 4.69) is 9.64 Å². The molecule has 5 heteroatoms. The number of carbonyl (C=O) groups is 1. The molecule has 0 radical (unpaired) electrons. The highest BCUT2D eigenvalue weighted by atomic mass is 16.5. The second-order valence-corrected chi connectivity index (χ2v) is 3.65. The van der Waals surface area contributed by atoms with Crippen molar-refractivity contribution in [2.45, 2.75) is 6.54 Å². The van der Waals surface area contributed by atoms with Crippen LogP contribution in [0.2, 0.25) is 0 Å². The Bertz CT molecular complexity index is 355. The van der Waals surface area contributed by atoms with Gasteiger partial charge in [-0.1, -0.05) is 0 Å². The minimum atomic E-state index is -0.437. The Balaban J connectivity index is 1.94. The SMILES string of the molecule is COC(=O)c1ccc(CN2CCOCC2)o1. The van der Waals surface area contributed by atoms with Gasteiger partial charge in [-0.3, -0.25) is 4.90 Å². The van der Waals surface area contributed by atoms with Crippen molar-refractivity contribution in [2.75, 3.05) is 33.4 Å². The number of furan rings is 1. The fraction of sp³-hybridized carbons (Fsp3) is 0.545. The van der Waals surface area contributed by atoms with Crippen molar-refractivity contribution in [2.24, 2.45) is 0 Å². The number of carbonyl (C=O) groups excluding carboxylic acids is 1. The van der Waals surface area contributed by atoms with E-state index < -0.39 is 5.97 Å². The van der Waals surface area contributed by atoms with Gasteiger partial charge in [-0.2, -0.15) is 0 Å². The molecule has 1 aromatic heterocycles. The number of hydrogen-bond acceptors (Lipinski definition) is 5. The summed E-state index contributed by atoms with van der Waals surface area (Å²) >= 11 is 0. The maximum Gasteiger partial charge on any atom is 0.373 e. The first-order valence-corrected chi connectivity index (χ1v) is 5.27. The standard InChI is InChI=1S/C11H15NO4/c1-14-11(13)10-3-2-9(16-10)8-12-4-6-15-7-5-12/h2-3H,4-8H2,1H3. The van der Waals surface area contributed by atoms with Crippen molar-refractivity contribution in [1.29, 1.82) is 0 Å². The average molecular weight is 225 g/mol. The van der Waals surface area contributed by atoms with Crippen LogP contribution in [0.3, 0.4) is 0 Å². The summed E-state index contributed by atoms with van der Waals surface area (Å²) in [6.07, 6.45) is 0. The molecule has 0 atom stereocenters. The molecule has 0 spiro atoms. The number of esters is 1. The Kier molecular flexibility index (Phi) is 3.58. The number of hydrogen-bond donors (Lipinski definition) is 0. The maximum absolute atomic E-state index is 11.2. The molecule has 0 unspecified atom stereocenters. The summed E-state index contributed by atoms with van der Waals surface area (Å²) in [4.78, 5) is 13.4. The highest BCUT2D eigenvalue weighted by Gasteiger charge is 2.15. The number of nitrogens with zero attached hydrogens (tertiary/aromatic N) is 1. The molecule has 1 aliphatic rings. The molecule has 2 heterocycles. The predicted molar refractivity (Wildman–Crippen MR) is 56.1 cm³/mol. The van der Waals surface area contributed by atoms with Crippen molar-refractivity contribution in [1.82, 2.24) is 4.90 Å². The van der Waals surface area contributed by atoms with Crippen LogP contribution in [0.25, 0.3) is 0 Å². The lowest BCUT2D eigenvalue weighted by atomic mass is 10.3. The molecule has 0 bridgehead atoms. The van der Waals surface area contributed by atoms with E-state index in [0.717, 1.165) is 32.1 Å². The van der Waals surface area contributed by atoms with Crippen LogP contribution in [-0.2, 0) is 16.0 Å². The van der Waals surface area contributed by atoms with E-state index in [0.29, 0.717) is 6.54 Å². The van der Waals surface area contributed by atoms with E-state index in [4.69, 9.17) is 9.15 Å². The molecular formula is C11H15NO4. The van der Waals surface area contributed by atoms with Crippen molar-refractivity contribution < 1.29 is 18.7 Å². The third-order valence-electron chi connectivity index (χ3n) is 2.53. The quantitative estimate of drug-likeness (QED) is 0.715. The molecule has 0 amide bonds. The van der Waals surface area contributed by atoms with Crippen LogP contribution < -0.4 is 0 Å². The number of ether oxygens (including phenoxy) is 2. The zero-order chi connectivity index (χ0) is 11.4. The first kappa shape index (κ1) is 11.2. The number of morpholine rings is 1.